The zero-order valence-electron chi connectivity index (χ0n) is 22.3. The van der Waals surface area contributed by atoms with Crippen LogP contribution in [-0.4, -0.2) is 58.9 Å². The molecule has 1 aromatic rings. The number of hydrogen-bond donors (Lipinski definition) is 2. The van der Waals surface area contributed by atoms with Crippen LogP contribution in [0.3, 0.4) is 0 Å². The van der Waals surface area contributed by atoms with Gasteiger partial charge >= 0.3 is 0 Å². The smallest absolute Gasteiger partial charge is 0.232 e. The lowest BCUT2D eigenvalue weighted by Gasteiger charge is -2.64. The van der Waals surface area contributed by atoms with E-state index in [2.05, 4.69) is 59.0 Å². The largest absolute Gasteiger partial charge is 0.390 e. The number of aliphatic hydroxyl groups is 1. The molecule has 2 N–H and O–H groups in total. The standard InChI is InChI=1S/C29H36BrFN2O5/c1-18-10-22-21-7-6-20-11-23-19(14-33(32-23)9-5-4-8-30)12-25(20,2)28(21,31)24(34)13-26(22,3)29(18)27(37-17-38-29)15-35-16-36-27/h11,14,18,21-22,24,34H,6-10,12-13,15-17H2,1-3H3/p+1/t18-,21-,22-,24-,25-,26-,27?,28-,29+/m0/s1. The third-order valence-corrected chi connectivity index (χ3v) is 11.7. The van der Waals surface area contributed by atoms with E-state index in [0.717, 1.165) is 29.7 Å². The van der Waals surface area contributed by atoms with Crippen molar-refractivity contribution in [3.8, 4) is 11.8 Å². The molecule has 3 saturated carbocycles. The Balaban J connectivity index is 1.27. The van der Waals surface area contributed by atoms with Gasteiger partial charge in [0.25, 0.3) is 0 Å². The Morgan fingerprint density at radius 3 is 2.79 bits per heavy atom. The zero-order valence-corrected chi connectivity index (χ0v) is 23.9. The Hall–Kier alpha value is -1.28. The molecule has 2 saturated heterocycles. The maximum absolute atomic E-state index is 18.0. The van der Waals surface area contributed by atoms with Gasteiger partial charge in [-0.05, 0) is 55.9 Å². The minimum atomic E-state index is -1.75. The lowest BCUT2D eigenvalue weighted by atomic mass is 9.43. The topological polar surface area (TPSA) is 76.8 Å². The number of nitrogens with zero attached hydrogens (tertiary/aromatic N) is 1. The second-order valence-electron chi connectivity index (χ2n) is 12.8. The predicted octanol–water partition coefficient (Wildman–Crippen LogP) is 3.64. The van der Waals surface area contributed by atoms with E-state index in [1.54, 1.807) is 0 Å². The Bertz CT molecular complexity index is 1250. The molecule has 6 aliphatic rings. The highest BCUT2D eigenvalue weighted by Crippen LogP contribution is 2.74. The SMILES string of the molecule is C[C@H]1C[C@H]2[C@@H]3CCC4=Cc5[nH][n+](CC#CCBr)cc5C[C@]4(C)[C@@]3(F)[C@@H](O)C[C@]2(C)[C@]12OCOC21COCO1. The summed E-state index contributed by atoms with van der Waals surface area (Å²) in [5, 5.41) is 16.0. The van der Waals surface area contributed by atoms with Crippen LogP contribution >= 0.6 is 15.9 Å². The van der Waals surface area contributed by atoms with Crippen molar-refractivity contribution in [2.24, 2.45) is 28.6 Å². The van der Waals surface area contributed by atoms with Gasteiger partial charge in [0.05, 0.1) is 11.4 Å². The number of rotatable bonds is 1. The average molecular weight is 593 g/mol. The third-order valence-electron chi connectivity index (χ3n) is 11.4. The molecule has 7 nitrogen and oxygen atoms in total. The molecule has 7 rings (SSSR count). The van der Waals surface area contributed by atoms with E-state index >= 15 is 4.39 Å². The van der Waals surface area contributed by atoms with Crippen LogP contribution in [0, 0.1) is 40.4 Å². The first-order valence-corrected chi connectivity index (χ1v) is 15.0. The van der Waals surface area contributed by atoms with Crippen LogP contribution in [0.2, 0.25) is 0 Å². The van der Waals surface area contributed by atoms with E-state index in [1.165, 1.54) is 0 Å². The van der Waals surface area contributed by atoms with Crippen molar-refractivity contribution in [3.05, 3.63) is 23.0 Å². The summed E-state index contributed by atoms with van der Waals surface area (Å²) in [6.07, 6.45) is 6.24. The van der Waals surface area contributed by atoms with Gasteiger partial charge in [-0.3, -0.25) is 0 Å². The average Bonchev–Trinajstić information content (AvgIpc) is 3.64. The molecule has 0 aromatic carbocycles. The monoisotopic (exact) mass is 591 g/mol. The summed E-state index contributed by atoms with van der Waals surface area (Å²) in [4.78, 5) is 0. The van der Waals surface area contributed by atoms with Crippen LogP contribution in [0.5, 0.6) is 0 Å². The third kappa shape index (κ3) is 2.90. The fourth-order valence-electron chi connectivity index (χ4n) is 9.96. The number of ether oxygens (including phenoxy) is 4. The molecule has 0 radical (unpaired) electrons. The van der Waals surface area contributed by atoms with E-state index in [9.17, 15) is 5.11 Å². The van der Waals surface area contributed by atoms with Gasteiger partial charge in [-0.25, -0.2) is 4.39 Å². The highest BCUT2D eigenvalue weighted by Gasteiger charge is 2.81. The second-order valence-corrected chi connectivity index (χ2v) is 13.3. The molecule has 4 aliphatic carbocycles. The fourth-order valence-corrected chi connectivity index (χ4v) is 10.2. The Labute approximate surface area is 231 Å². The van der Waals surface area contributed by atoms with Gasteiger partial charge in [0.2, 0.25) is 12.3 Å². The molecule has 9 heteroatoms. The number of aromatic nitrogens is 2. The maximum Gasteiger partial charge on any atom is 0.232 e. The van der Waals surface area contributed by atoms with Crippen molar-refractivity contribution < 1.29 is 33.1 Å². The van der Waals surface area contributed by atoms with Crippen molar-refractivity contribution in [1.29, 1.82) is 0 Å². The number of halogens is 2. The van der Waals surface area contributed by atoms with Gasteiger partial charge in [0, 0.05) is 22.3 Å². The molecular formula is C29H37BrFN2O5+. The molecule has 9 atom stereocenters. The normalized spacial score (nSPS) is 48.7. The van der Waals surface area contributed by atoms with Crippen LogP contribution in [0.4, 0.5) is 4.39 Å². The first-order valence-electron chi connectivity index (χ1n) is 13.9. The number of fused-ring (bicyclic) bond motifs is 8. The number of aromatic amines is 1. The second kappa shape index (κ2) is 8.37. The van der Waals surface area contributed by atoms with Crippen LogP contribution in [0.15, 0.2) is 11.8 Å². The summed E-state index contributed by atoms with van der Waals surface area (Å²) < 4.78 is 44.4. The van der Waals surface area contributed by atoms with Crippen molar-refractivity contribution in [1.82, 2.24) is 5.10 Å². The van der Waals surface area contributed by atoms with Gasteiger partial charge in [-0.2, -0.15) is 5.10 Å². The molecule has 1 aromatic heterocycles. The highest BCUT2D eigenvalue weighted by atomic mass is 79.9. The van der Waals surface area contributed by atoms with E-state index in [4.69, 9.17) is 18.9 Å². The molecule has 0 amide bonds. The minimum absolute atomic E-state index is 0.0316. The summed E-state index contributed by atoms with van der Waals surface area (Å²) in [7, 11) is 0. The number of allylic oxidation sites excluding steroid dienone is 1. The molecular weight excluding hydrogens is 555 g/mol. The number of hydrogen-bond acceptors (Lipinski definition) is 5. The molecule has 3 heterocycles. The molecule has 2 spiro atoms. The van der Waals surface area contributed by atoms with Gasteiger partial charge in [-0.15, -0.1) is 4.68 Å². The highest BCUT2D eigenvalue weighted by molar-refractivity contribution is 9.09. The first kappa shape index (κ1) is 25.7. The summed E-state index contributed by atoms with van der Waals surface area (Å²) in [6, 6.07) is 0. The van der Waals surface area contributed by atoms with Gasteiger partial charge < -0.3 is 24.1 Å². The van der Waals surface area contributed by atoms with Crippen LogP contribution in [0.1, 0.15) is 57.7 Å². The number of alkyl halides is 2. The van der Waals surface area contributed by atoms with E-state index in [-0.39, 0.29) is 31.3 Å². The summed E-state index contributed by atoms with van der Waals surface area (Å²) in [6.45, 7) is 7.53. The quantitative estimate of drug-likeness (QED) is 0.296. The van der Waals surface area contributed by atoms with Crippen molar-refractivity contribution in [2.45, 2.75) is 82.6 Å². The van der Waals surface area contributed by atoms with Crippen LogP contribution in [0.25, 0.3) is 6.08 Å². The molecule has 5 fully saturated rings. The van der Waals surface area contributed by atoms with Gasteiger partial charge in [-0.1, -0.05) is 48.2 Å². The van der Waals surface area contributed by atoms with Crippen LogP contribution < -0.4 is 4.68 Å². The molecule has 206 valence electrons. The Kier molecular flexibility index (Phi) is 5.66. The van der Waals surface area contributed by atoms with E-state index < -0.39 is 34.0 Å². The first-order chi connectivity index (χ1) is 18.2. The van der Waals surface area contributed by atoms with Crippen LogP contribution in [-0.2, 0) is 31.9 Å². The molecule has 2 aliphatic heterocycles. The van der Waals surface area contributed by atoms with Gasteiger partial charge in [0.15, 0.2) is 19.8 Å². The summed E-state index contributed by atoms with van der Waals surface area (Å²) in [5.74, 6) is 4.97. The summed E-state index contributed by atoms with van der Waals surface area (Å²) in [5.41, 5.74) is -0.641. The van der Waals surface area contributed by atoms with Crippen molar-refractivity contribution in [2.75, 3.05) is 25.5 Å². The zero-order chi connectivity index (χ0) is 26.6. The predicted molar refractivity (Wildman–Crippen MR) is 139 cm³/mol. The summed E-state index contributed by atoms with van der Waals surface area (Å²) >= 11 is 3.34. The minimum Gasteiger partial charge on any atom is -0.390 e. The van der Waals surface area contributed by atoms with Crippen molar-refractivity contribution >= 4 is 22.0 Å². The lowest BCUT2D eigenvalue weighted by molar-refractivity contribution is -0.739. The maximum atomic E-state index is 18.0. The number of aliphatic hydroxyl groups excluding tert-OH is 1. The van der Waals surface area contributed by atoms with Crippen molar-refractivity contribution in [3.63, 3.8) is 0 Å². The Morgan fingerprint density at radius 2 is 2.03 bits per heavy atom. The molecule has 1 unspecified atom stereocenters. The molecule has 0 bridgehead atoms. The number of H-pyrrole nitrogens is 1. The van der Waals surface area contributed by atoms with E-state index in [0.29, 0.717) is 37.7 Å². The fraction of sp³-hybridized carbons (Fsp3) is 0.759. The molecule has 38 heavy (non-hydrogen) atoms. The Morgan fingerprint density at radius 1 is 1.21 bits per heavy atom. The van der Waals surface area contributed by atoms with E-state index in [1.807, 2.05) is 11.6 Å². The number of nitrogens with one attached hydrogen (secondary N) is 1. The lowest BCUT2D eigenvalue weighted by Crippen LogP contribution is -2.72. The van der Waals surface area contributed by atoms with Gasteiger partial charge in [0.1, 0.15) is 23.6 Å².